The molecule has 0 saturated heterocycles. The lowest BCUT2D eigenvalue weighted by Gasteiger charge is -2.10. The molecule has 3 rings (SSSR count). The van der Waals surface area contributed by atoms with Crippen molar-refractivity contribution in [2.75, 3.05) is 5.32 Å². The smallest absolute Gasteiger partial charge is 0.112 e. The van der Waals surface area contributed by atoms with Crippen LogP contribution in [0.1, 0.15) is 0 Å². The van der Waals surface area contributed by atoms with Gasteiger partial charge in [0.05, 0.1) is 21.9 Å². The number of hydrogen-bond acceptors (Lipinski definition) is 3. The van der Waals surface area contributed by atoms with Crippen LogP contribution in [0.3, 0.4) is 0 Å². The van der Waals surface area contributed by atoms with Crippen LogP contribution in [0.25, 0.3) is 11.0 Å². The Hall–Kier alpha value is -1.17. The fraction of sp³-hybridized carbons (Fsp3) is 0. The highest BCUT2D eigenvalue weighted by Crippen LogP contribution is 2.30. The summed E-state index contributed by atoms with van der Waals surface area (Å²) in [6.07, 6.45) is 3.49. The summed E-state index contributed by atoms with van der Waals surface area (Å²) in [5.74, 6) is 0. The Morgan fingerprint density at radius 2 is 1.80 bits per heavy atom. The van der Waals surface area contributed by atoms with Crippen molar-refractivity contribution in [3.63, 3.8) is 0 Å². The highest BCUT2D eigenvalue weighted by Gasteiger charge is 2.07. The van der Waals surface area contributed by atoms with Crippen LogP contribution in [0.5, 0.6) is 0 Å². The largest absolute Gasteiger partial charge is 0.352 e. The molecule has 0 bridgehead atoms. The van der Waals surface area contributed by atoms with Crippen LogP contribution in [0.2, 0.25) is 5.02 Å². The summed E-state index contributed by atoms with van der Waals surface area (Å²) >= 11 is 13.0. The zero-order valence-corrected chi connectivity index (χ0v) is 14.0. The van der Waals surface area contributed by atoms with Crippen molar-refractivity contribution in [1.29, 1.82) is 0 Å². The van der Waals surface area contributed by atoms with Gasteiger partial charge < -0.3 is 5.32 Å². The van der Waals surface area contributed by atoms with Crippen LogP contribution < -0.4 is 5.32 Å². The molecular weight excluding hydrogens is 405 g/mol. The van der Waals surface area contributed by atoms with E-state index < -0.39 is 0 Å². The molecule has 1 aromatic carbocycles. The van der Waals surface area contributed by atoms with Crippen molar-refractivity contribution in [2.24, 2.45) is 0 Å². The van der Waals surface area contributed by atoms with E-state index in [1.54, 1.807) is 12.4 Å². The number of pyridine rings is 2. The van der Waals surface area contributed by atoms with Gasteiger partial charge in [0, 0.05) is 21.3 Å². The molecule has 2 heterocycles. The minimum atomic E-state index is 0.640. The highest BCUT2D eigenvalue weighted by molar-refractivity contribution is 9.10. The molecule has 20 heavy (non-hydrogen) atoms. The quantitative estimate of drug-likeness (QED) is 0.598. The Bertz CT molecular complexity index is 792. The van der Waals surface area contributed by atoms with Gasteiger partial charge in [-0.15, -0.1) is 0 Å². The number of benzene rings is 1. The lowest BCUT2D eigenvalue weighted by Crippen LogP contribution is -1.95. The molecular formula is C14H8Br2ClN3. The van der Waals surface area contributed by atoms with E-state index in [9.17, 15) is 0 Å². The first-order valence-electron chi connectivity index (χ1n) is 5.76. The Kier molecular flexibility index (Phi) is 3.92. The Labute approximate surface area is 137 Å². The van der Waals surface area contributed by atoms with Crippen LogP contribution in [-0.2, 0) is 0 Å². The fourth-order valence-corrected chi connectivity index (χ4v) is 2.88. The van der Waals surface area contributed by atoms with E-state index in [0.29, 0.717) is 5.02 Å². The van der Waals surface area contributed by atoms with Gasteiger partial charge in [-0.1, -0.05) is 27.5 Å². The van der Waals surface area contributed by atoms with Gasteiger partial charge in [0.2, 0.25) is 0 Å². The normalized spacial score (nSPS) is 10.8. The number of fused-ring (bicyclic) bond motifs is 1. The summed E-state index contributed by atoms with van der Waals surface area (Å²) in [7, 11) is 0. The van der Waals surface area contributed by atoms with Crippen molar-refractivity contribution >= 4 is 65.9 Å². The highest BCUT2D eigenvalue weighted by atomic mass is 79.9. The van der Waals surface area contributed by atoms with E-state index in [0.717, 1.165) is 31.4 Å². The Morgan fingerprint density at radius 3 is 2.60 bits per heavy atom. The van der Waals surface area contributed by atoms with E-state index in [1.807, 2.05) is 30.3 Å². The third-order valence-corrected chi connectivity index (χ3v) is 3.98. The summed E-state index contributed by atoms with van der Waals surface area (Å²) in [5.41, 5.74) is 3.31. The number of hydrogen-bond donors (Lipinski definition) is 1. The average molecular weight is 414 g/mol. The minimum Gasteiger partial charge on any atom is -0.352 e. The number of aromatic nitrogens is 2. The van der Waals surface area contributed by atoms with Gasteiger partial charge >= 0.3 is 0 Å². The van der Waals surface area contributed by atoms with Crippen LogP contribution in [0.4, 0.5) is 11.4 Å². The molecule has 0 radical (unpaired) electrons. The maximum absolute atomic E-state index is 6.22. The maximum atomic E-state index is 6.22. The van der Waals surface area contributed by atoms with Gasteiger partial charge in [-0.2, -0.15) is 0 Å². The Balaban J connectivity index is 2.06. The third-order valence-electron chi connectivity index (χ3n) is 2.74. The first kappa shape index (κ1) is 13.8. The first-order valence-corrected chi connectivity index (χ1v) is 7.72. The zero-order chi connectivity index (χ0) is 14.1. The summed E-state index contributed by atoms with van der Waals surface area (Å²) in [5, 5.41) is 3.93. The van der Waals surface area contributed by atoms with Crippen molar-refractivity contribution < 1.29 is 0 Å². The van der Waals surface area contributed by atoms with Crippen molar-refractivity contribution in [1.82, 2.24) is 9.97 Å². The second-order valence-corrected chi connectivity index (χ2v) is 6.37. The van der Waals surface area contributed by atoms with E-state index in [1.165, 1.54) is 0 Å². The second kappa shape index (κ2) is 5.68. The summed E-state index contributed by atoms with van der Waals surface area (Å²) < 4.78 is 1.84. The molecule has 0 aliphatic heterocycles. The molecule has 0 saturated carbocycles. The van der Waals surface area contributed by atoms with Gasteiger partial charge in [0.1, 0.15) is 5.52 Å². The number of nitrogens with one attached hydrogen (secondary N) is 1. The van der Waals surface area contributed by atoms with Gasteiger partial charge in [-0.3, -0.25) is 9.97 Å². The number of halogens is 3. The maximum Gasteiger partial charge on any atom is 0.112 e. The summed E-state index contributed by atoms with van der Waals surface area (Å²) in [4.78, 5) is 8.71. The zero-order valence-electron chi connectivity index (χ0n) is 10.1. The predicted octanol–water partition coefficient (Wildman–Crippen LogP) is 5.55. The predicted molar refractivity (Wildman–Crippen MR) is 89.7 cm³/mol. The van der Waals surface area contributed by atoms with Crippen LogP contribution in [0.15, 0.2) is 51.7 Å². The number of nitrogens with zero attached hydrogens (tertiary/aromatic N) is 2. The van der Waals surface area contributed by atoms with E-state index >= 15 is 0 Å². The molecule has 0 atom stereocenters. The van der Waals surface area contributed by atoms with Crippen LogP contribution in [-0.4, -0.2) is 9.97 Å². The fourth-order valence-electron chi connectivity index (χ4n) is 1.84. The summed E-state index contributed by atoms with van der Waals surface area (Å²) in [6, 6.07) is 9.49. The molecule has 0 amide bonds. The second-order valence-electron chi connectivity index (χ2n) is 4.13. The standard InChI is InChI=1S/C14H8Br2ClN3/c15-8-1-2-11(10(17)5-8)20-12-3-4-18-13-6-9(16)7-19-14(12)13/h1-7H,(H,18,20). The molecule has 2 aromatic heterocycles. The van der Waals surface area contributed by atoms with E-state index in [4.69, 9.17) is 11.6 Å². The molecule has 0 fully saturated rings. The minimum absolute atomic E-state index is 0.640. The van der Waals surface area contributed by atoms with Crippen LogP contribution in [0, 0.1) is 0 Å². The first-order chi connectivity index (χ1) is 9.63. The lowest BCUT2D eigenvalue weighted by atomic mass is 10.2. The summed E-state index contributed by atoms with van der Waals surface area (Å²) in [6.45, 7) is 0. The number of rotatable bonds is 2. The van der Waals surface area contributed by atoms with Gasteiger partial charge in [0.25, 0.3) is 0 Å². The van der Waals surface area contributed by atoms with Crippen LogP contribution >= 0.6 is 43.5 Å². The molecule has 0 spiro atoms. The number of anilines is 2. The van der Waals surface area contributed by atoms with E-state index in [-0.39, 0.29) is 0 Å². The topological polar surface area (TPSA) is 37.8 Å². The molecule has 100 valence electrons. The Morgan fingerprint density at radius 1 is 0.950 bits per heavy atom. The molecule has 3 aromatic rings. The lowest BCUT2D eigenvalue weighted by molar-refractivity contribution is 1.32. The van der Waals surface area contributed by atoms with E-state index in [2.05, 4.69) is 47.1 Å². The van der Waals surface area contributed by atoms with Crippen molar-refractivity contribution in [3.8, 4) is 0 Å². The monoisotopic (exact) mass is 411 g/mol. The molecule has 3 nitrogen and oxygen atoms in total. The van der Waals surface area contributed by atoms with Gasteiger partial charge in [0.15, 0.2) is 0 Å². The third kappa shape index (κ3) is 2.80. The molecule has 0 aliphatic carbocycles. The van der Waals surface area contributed by atoms with Gasteiger partial charge in [-0.25, -0.2) is 0 Å². The molecule has 0 aliphatic rings. The SMILES string of the molecule is Clc1cc(Br)ccc1Nc1ccnc2cc(Br)cnc12. The average Bonchev–Trinajstić information content (AvgIpc) is 2.41. The van der Waals surface area contributed by atoms with Gasteiger partial charge in [-0.05, 0) is 46.3 Å². The molecule has 0 unspecified atom stereocenters. The molecule has 1 N–H and O–H groups in total. The molecule has 6 heteroatoms. The van der Waals surface area contributed by atoms with Crippen molar-refractivity contribution in [3.05, 3.63) is 56.7 Å². The van der Waals surface area contributed by atoms with Crippen molar-refractivity contribution in [2.45, 2.75) is 0 Å².